The fourth-order valence-electron chi connectivity index (χ4n) is 3.01. The van der Waals surface area contributed by atoms with Crippen LogP contribution in [0.1, 0.15) is 39.2 Å². The number of carbonyl (C=O) groups excluding carboxylic acids is 1. The van der Waals surface area contributed by atoms with Crippen LogP contribution in [-0.2, 0) is 14.9 Å². The summed E-state index contributed by atoms with van der Waals surface area (Å²) in [6.45, 7) is 8.94. The Hall–Kier alpha value is -1.59. The average molecular weight is 334 g/mol. The molecule has 0 saturated carbocycles. The molecule has 0 bridgehead atoms. The maximum atomic E-state index is 12.5. The Balaban J connectivity index is 1.86. The minimum Gasteiger partial charge on any atom is -0.491 e. The first-order chi connectivity index (χ1) is 11.4. The Labute approximate surface area is 144 Å². The molecule has 0 atom stereocenters. The first kappa shape index (κ1) is 18.7. The summed E-state index contributed by atoms with van der Waals surface area (Å²) >= 11 is 0. The summed E-state index contributed by atoms with van der Waals surface area (Å²) < 4.78 is 11.2. The zero-order chi connectivity index (χ0) is 17.6. The van der Waals surface area contributed by atoms with Gasteiger partial charge in [0.25, 0.3) is 0 Å². The number of hydrogen-bond donors (Lipinski definition) is 2. The van der Waals surface area contributed by atoms with Crippen LogP contribution in [0.4, 0.5) is 0 Å². The van der Waals surface area contributed by atoms with E-state index in [2.05, 4.69) is 32.2 Å². The van der Waals surface area contributed by atoms with Crippen molar-refractivity contribution in [2.24, 2.45) is 11.1 Å². The third-order valence-corrected chi connectivity index (χ3v) is 4.66. The van der Waals surface area contributed by atoms with Crippen molar-refractivity contribution in [3.8, 4) is 5.75 Å². The van der Waals surface area contributed by atoms with Crippen LogP contribution in [0.15, 0.2) is 24.3 Å². The van der Waals surface area contributed by atoms with Crippen LogP contribution in [0.5, 0.6) is 5.75 Å². The molecular formula is C19H30N2O3. The normalized spacial score (nSPS) is 17.3. The van der Waals surface area contributed by atoms with E-state index in [0.717, 1.165) is 5.75 Å². The van der Waals surface area contributed by atoms with Crippen LogP contribution in [-0.4, -0.2) is 38.8 Å². The van der Waals surface area contributed by atoms with Crippen LogP contribution in [0.2, 0.25) is 0 Å². The molecule has 1 heterocycles. The second-order valence-electron chi connectivity index (χ2n) is 7.45. The molecule has 1 aliphatic heterocycles. The Morgan fingerprint density at radius 2 is 1.96 bits per heavy atom. The molecule has 1 aromatic rings. The monoisotopic (exact) mass is 334 g/mol. The molecular weight excluding hydrogens is 304 g/mol. The number of ether oxygens (including phenoxy) is 2. The molecule has 0 spiro atoms. The standard InChI is InChI=1S/C19H30N2O3/c1-18(2,3)15-6-4-5-7-16(15)24-13-10-21-17(22)19(14-20)8-11-23-12-9-19/h4-7H,8-14,20H2,1-3H3,(H,21,22). The van der Waals surface area contributed by atoms with E-state index in [1.54, 1.807) is 0 Å². The number of benzene rings is 1. The zero-order valence-electron chi connectivity index (χ0n) is 15.1. The second kappa shape index (κ2) is 7.99. The number of nitrogens with one attached hydrogen (secondary N) is 1. The predicted octanol–water partition coefficient (Wildman–Crippen LogP) is 2.23. The third-order valence-electron chi connectivity index (χ3n) is 4.66. The number of amides is 1. The third kappa shape index (κ3) is 4.48. The molecule has 1 fully saturated rings. The number of rotatable bonds is 6. The highest BCUT2D eigenvalue weighted by Gasteiger charge is 2.38. The van der Waals surface area contributed by atoms with Gasteiger partial charge in [0.2, 0.25) is 5.91 Å². The molecule has 0 radical (unpaired) electrons. The van der Waals surface area contributed by atoms with Crippen molar-refractivity contribution in [1.29, 1.82) is 0 Å². The Morgan fingerprint density at radius 3 is 2.58 bits per heavy atom. The number of hydrogen-bond acceptors (Lipinski definition) is 4. The lowest BCUT2D eigenvalue weighted by Crippen LogP contribution is -2.49. The van der Waals surface area contributed by atoms with Crippen LogP contribution in [0, 0.1) is 5.41 Å². The Bertz CT molecular complexity index is 546. The molecule has 5 heteroatoms. The van der Waals surface area contributed by atoms with Crippen molar-refractivity contribution in [2.75, 3.05) is 32.9 Å². The van der Waals surface area contributed by atoms with Crippen LogP contribution in [0.25, 0.3) is 0 Å². The van der Waals surface area contributed by atoms with E-state index in [4.69, 9.17) is 15.2 Å². The van der Waals surface area contributed by atoms with Gasteiger partial charge < -0.3 is 20.5 Å². The molecule has 1 amide bonds. The van der Waals surface area contributed by atoms with Gasteiger partial charge in [0.05, 0.1) is 12.0 Å². The lowest BCUT2D eigenvalue weighted by Gasteiger charge is -2.34. The Kier molecular flexibility index (Phi) is 6.24. The summed E-state index contributed by atoms with van der Waals surface area (Å²) in [4.78, 5) is 12.5. The fraction of sp³-hybridized carbons (Fsp3) is 0.632. The van der Waals surface area contributed by atoms with E-state index in [1.807, 2.05) is 18.2 Å². The van der Waals surface area contributed by atoms with Crippen LogP contribution < -0.4 is 15.8 Å². The van der Waals surface area contributed by atoms with E-state index in [-0.39, 0.29) is 11.3 Å². The van der Waals surface area contributed by atoms with Crippen molar-refractivity contribution in [1.82, 2.24) is 5.32 Å². The summed E-state index contributed by atoms with van der Waals surface area (Å²) in [6, 6.07) is 8.04. The molecule has 2 rings (SSSR count). The average Bonchev–Trinajstić information content (AvgIpc) is 2.58. The first-order valence-corrected chi connectivity index (χ1v) is 8.67. The van der Waals surface area contributed by atoms with Crippen molar-refractivity contribution in [3.05, 3.63) is 29.8 Å². The molecule has 0 aliphatic carbocycles. The summed E-state index contributed by atoms with van der Waals surface area (Å²) in [7, 11) is 0. The molecule has 24 heavy (non-hydrogen) atoms. The van der Waals surface area contributed by atoms with E-state index < -0.39 is 5.41 Å². The molecule has 3 N–H and O–H groups in total. The second-order valence-corrected chi connectivity index (χ2v) is 7.45. The van der Waals surface area contributed by atoms with E-state index in [9.17, 15) is 4.79 Å². The lowest BCUT2D eigenvalue weighted by atomic mass is 9.79. The number of para-hydroxylation sites is 1. The molecule has 0 unspecified atom stereocenters. The highest BCUT2D eigenvalue weighted by atomic mass is 16.5. The van der Waals surface area contributed by atoms with Gasteiger partial charge in [-0.1, -0.05) is 39.0 Å². The van der Waals surface area contributed by atoms with Gasteiger partial charge in [-0.3, -0.25) is 4.79 Å². The van der Waals surface area contributed by atoms with Gasteiger partial charge in [-0.05, 0) is 29.9 Å². The van der Waals surface area contributed by atoms with E-state index in [1.165, 1.54) is 5.56 Å². The van der Waals surface area contributed by atoms with Gasteiger partial charge >= 0.3 is 0 Å². The van der Waals surface area contributed by atoms with Gasteiger partial charge in [0.1, 0.15) is 12.4 Å². The summed E-state index contributed by atoms with van der Waals surface area (Å²) in [5.74, 6) is 0.889. The largest absolute Gasteiger partial charge is 0.491 e. The summed E-state index contributed by atoms with van der Waals surface area (Å²) in [5.41, 5.74) is 6.56. The van der Waals surface area contributed by atoms with Crippen LogP contribution >= 0.6 is 0 Å². The highest BCUT2D eigenvalue weighted by molar-refractivity contribution is 5.83. The molecule has 1 aliphatic rings. The van der Waals surface area contributed by atoms with Gasteiger partial charge in [-0.25, -0.2) is 0 Å². The molecule has 1 saturated heterocycles. The zero-order valence-corrected chi connectivity index (χ0v) is 15.1. The van der Waals surface area contributed by atoms with Crippen LogP contribution in [0.3, 0.4) is 0 Å². The summed E-state index contributed by atoms with van der Waals surface area (Å²) in [5, 5.41) is 2.97. The molecule has 5 nitrogen and oxygen atoms in total. The number of carbonyl (C=O) groups is 1. The minimum absolute atomic E-state index is 0.0148. The SMILES string of the molecule is CC(C)(C)c1ccccc1OCCNC(=O)C1(CN)CCOCC1. The maximum Gasteiger partial charge on any atom is 0.227 e. The van der Waals surface area contributed by atoms with Gasteiger partial charge in [-0.2, -0.15) is 0 Å². The summed E-state index contributed by atoms with van der Waals surface area (Å²) in [6.07, 6.45) is 1.37. The van der Waals surface area contributed by atoms with Gasteiger partial charge in [0, 0.05) is 19.8 Å². The van der Waals surface area contributed by atoms with Crippen molar-refractivity contribution >= 4 is 5.91 Å². The van der Waals surface area contributed by atoms with Crippen molar-refractivity contribution < 1.29 is 14.3 Å². The van der Waals surface area contributed by atoms with Crippen molar-refractivity contribution in [2.45, 2.75) is 39.0 Å². The lowest BCUT2D eigenvalue weighted by molar-refractivity contribution is -0.136. The topological polar surface area (TPSA) is 73.6 Å². The van der Waals surface area contributed by atoms with Crippen molar-refractivity contribution in [3.63, 3.8) is 0 Å². The van der Waals surface area contributed by atoms with E-state index >= 15 is 0 Å². The Morgan fingerprint density at radius 1 is 1.29 bits per heavy atom. The van der Waals surface area contributed by atoms with Gasteiger partial charge in [0.15, 0.2) is 0 Å². The molecule has 134 valence electrons. The van der Waals surface area contributed by atoms with Gasteiger partial charge in [-0.15, -0.1) is 0 Å². The van der Waals surface area contributed by atoms with E-state index in [0.29, 0.717) is 45.8 Å². The number of nitrogens with two attached hydrogens (primary N) is 1. The molecule has 1 aromatic carbocycles. The molecule has 0 aromatic heterocycles. The fourth-order valence-corrected chi connectivity index (χ4v) is 3.01. The minimum atomic E-state index is -0.485. The quantitative estimate of drug-likeness (QED) is 0.783. The highest BCUT2D eigenvalue weighted by Crippen LogP contribution is 2.31. The maximum absolute atomic E-state index is 12.5. The predicted molar refractivity (Wildman–Crippen MR) is 95.2 cm³/mol. The smallest absolute Gasteiger partial charge is 0.227 e. The first-order valence-electron chi connectivity index (χ1n) is 8.67.